The Morgan fingerprint density at radius 2 is 1.92 bits per heavy atom. The van der Waals surface area contributed by atoms with Crippen LogP contribution in [0.1, 0.15) is 26.7 Å². The van der Waals surface area contributed by atoms with Crippen molar-refractivity contribution in [2.45, 2.75) is 26.7 Å². The monoisotopic (exact) mass is 186 g/mol. The van der Waals surface area contributed by atoms with Gasteiger partial charge in [-0.2, -0.15) is 0 Å². The van der Waals surface area contributed by atoms with E-state index in [1.165, 1.54) is 0 Å². The van der Waals surface area contributed by atoms with Crippen LogP contribution in [0.4, 0.5) is 0 Å². The maximum atomic E-state index is 11.0. The van der Waals surface area contributed by atoms with E-state index in [0.717, 1.165) is 25.9 Å². The summed E-state index contributed by atoms with van der Waals surface area (Å²) in [6.07, 6.45) is 1.77. The first-order valence-electron chi connectivity index (χ1n) is 4.67. The van der Waals surface area contributed by atoms with Crippen LogP contribution in [0.3, 0.4) is 0 Å². The minimum absolute atomic E-state index is 0.254. The summed E-state index contributed by atoms with van der Waals surface area (Å²) in [6, 6.07) is 0. The van der Waals surface area contributed by atoms with Crippen molar-refractivity contribution >= 4 is 5.97 Å². The van der Waals surface area contributed by atoms with Gasteiger partial charge in [-0.25, -0.2) is 5.01 Å². The van der Waals surface area contributed by atoms with Gasteiger partial charge in [-0.3, -0.25) is 10.6 Å². The summed E-state index contributed by atoms with van der Waals surface area (Å²) >= 11 is 0. The Morgan fingerprint density at radius 1 is 1.46 bits per heavy atom. The third-order valence-corrected chi connectivity index (χ3v) is 3.10. The van der Waals surface area contributed by atoms with E-state index in [-0.39, 0.29) is 5.92 Å². The molecule has 4 heteroatoms. The molecule has 0 radical (unpaired) electrons. The van der Waals surface area contributed by atoms with Gasteiger partial charge in [0.05, 0.1) is 5.41 Å². The van der Waals surface area contributed by atoms with Crippen LogP contribution in [0.5, 0.6) is 0 Å². The second kappa shape index (κ2) is 3.64. The molecular weight excluding hydrogens is 168 g/mol. The van der Waals surface area contributed by atoms with Crippen LogP contribution >= 0.6 is 0 Å². The lowest BCUT2D eigenvalue weighted by Crippen LogP contribution is -2.44. The largest absolute Gasteiger partial charge is 0.481 e. The topological polar surface area (TPSA) is 66.6 Å². The number of rotatable bonds is 2. The predicted octanol–water partition coefficient (Wildman–Crippen LogP) is 0.683. The molecule has 1 aliphatic heterocycles. The van der Waals surface area contributed by atoms with E-state index >= 15 is 0 Å². The van der Waals surface area contributed by atoms with Crippen molar-refractivity contribution in [3.8, 4) is 0 Å². The maximum Gasteiger partial charge on any atom is 0.309 e. The molecular formula is C9H18N2O2. The molecule has 4 nitrogen and oxygen atoms in total. The molecule has 3 N–H and O–H groups in total. The standard InChI is InChI=1S/C9H18N2O2/c1-9(2,8(12)13)7-3-5-11(10)6-4-7/h7H,3-6,10H2,1-2H3,(H,12,13). The van der Waals surface area contributed by atoms with Crippen LogP contribution in [0.25, 0.3) is 0 Å². The molecule has 0 aliphatic carbocycles. The van der Waals surface area contributed by atoms with Crippen molar-refractivity contribution in [1.82, 2.24) is 5.01 Å². The number of hydrazine groups is 1. The number of carbonyl (C=O) groups is 1. The highest BCUT2D eigenvalue weighted by atomic mass is 16.4. The summed E-state index contributed by atoms with van der Waals surface area (Å²) in [5.41, 5.74) is -0.610. The summed E-state index contributed by atoms with van der Waals surface area (Å²) in [4.78, 5) is 11.0. The molecule has 0 saturated carbocycles. The van der Waals surface area contributed by atoms with Gasteiger partial charge in [0, 0.05) is 13.1 Å². The molecule has 0 bridgehead atoms. The van der Waals surface area contributed by atoms with Crippen molar-refractivity contribution in [2.24, 2.45) is 17.2 Å². The molecule has 13 heavy (non-hydrogen) atoms. The minimum atomic E-state index is -0.706. The molecule has 0 amide bonds. The maximum absolute atomic E-state index is 11.0. The summed E-state index contributed by atoms with van der Waals surface area (Å²) in [7, 11) is 0. The quantitative estimate of drug-likeness (QED) is 0.622. The third-order valence-electron chi connectivity index (χ3n) is 3.10. The molecule has 1 fully saturated rings. The van der Waals surface area contributed by atoms with E-state index in [1.807, 2.05) is 0 Å². The molecule has 1 saturated heterocycles. The van der Waals surface area contributed by atoms with E-state index in [9.17, 15) is 4.79 Å². The van der Waals surface area contributed by atoms with Gasteiger partial charge in [-0.05, 0) is 32.6 Å². The van der Waals surface area contributed by atoms with Gasteiger partial charge in [0.25, 0.3) is 0 Å². The molecule has 1 heterocycles. The fourth-order valence-electron chi connectivity index (χ4n) is 1.80. The summed E-state index contributed by atoms with van der Waals surface area (Å²) < 4.78 is 0. The number of carboxylic acids is 1. The zero-order valence-electron chi connectivity index (χ0n) is 8.29. The third kappa shape index (κ3) is 2.19. The van der Waals surface area contributed by atoms with Crippen LogP contribution in [0, 0.1) is 11.3 Å². The van der Waals surface area contributed by atoms with Gasteiger partial charge >= 0.3 is 5.97 Å². The van der Waals surface area contributed by atoms with Gasteiger partial charge in [0.15, 0.2) is 0 Å². The highest BCUT2D eigenvalue weighted by molar-refractivity contribution is 5.74. The van der Waals surface area contributed by atoms with E-state index in [2.05, 4.69) is 0 Å². The molecule has 0 aromatic heterocycles. The average molecular weight is 186 g/mol. The van der Waals surface area contributed by atoms with E-state index in [1.54, 1.807) is 18.9 Å². The summed E-state index contributed by atoms with van der Waals surface area (Å²) in [5, 5.41) is 10.8. The first-order valence-corrected chi connectivity index (χ1v) is 4.67. The number of piperidine rings is 1. The first kappa shape index (κ1) is 10.5. The zero-order chi connectivity index (χ0) is 10.1. The van der Waals surface area contributed by atoms with E-state index in [4.69, 9.17) is 10.9 Å². The molecule has 0 atom stereocenters. The first-order chi connectivity index (χ1) is 5.94. The van der Waals surface area contributed by atoms with E-state index in [0.29, 0.717) is 0 Å². The summed E-state index contributed by atoms with van der Waals surface area (Å²) in [5.74, 6) is 5.15. The highest BCUT2D eigenvalue weighted by Gasteiger charge is 2.37. The zero-order valence-corrected chi connectivity index (χ0v) is 8.29. The second-order valence-corrected chi connectivity index (χ2v) is 4.34. The second-order valence-electron chi connectivity index (χ2n) is 4.34. The number of carboxylic acid groups (broad SMARTS) is 1. The minimum Gasteiger partial charge on any atom is -0.481 e. The van der Waals surface area contributed by atoms with Crippen molar-refractivity contribution in [2.75, 3.05) is 13.1 Å². The Kier molecular flexibility index (Phi) is 2.93. The number of hydrogen-bond donors (Lipinski definition) is 2. The normalized spacial score (nSPS) is 21.8. The highest BCUT2D eigenvalue weighted by Crippen LogP contribution is 2.34. The molecule has 0 spiro atoms. The van der Waals surface area contributed by atoms with Crippen molar-refractivity contribution in [3.05, 3.63) is 0 Å². The van der Waals surface area contributed by atoms with Crippen LogP contribution in [0.15, 0.2) is 0 Å². The Balaban J connectivity index is 2.58. The fraction of sp³-hybridized carbons (Fsp3) is 0.889. The number of nitrogens with two attached hydrogens (primary N) is 1. The van der Waals surface area contributed by atoms with Crippen molar-refractivity contribution in [3.63, 3.8) is 0 Å². The van der Waals surface area contributed by atoms with Crippen LogP contribution in [-0.2, 0) is 4.79 Å². The Labute approximate surface area is 78.7 Å². The molecule has 1 rings (SSSR count). The average Bonchev–Trinajstić information content (AvgIpc) is 2.04. The molecule has 76 valence electrons. The molecule has 1 aliphatic rings. The van der Waals surface area contributed by atoms with Gasteiger partial charge in [-0.1, -0.05) is 0 Å². The summed E-state index contributed by atoms with van der Waals surface area (Å²) in [6.45, 7) is 5.21. The SMILES string of the molecule is CC(C)(C(=O)O)C1CCN(N)CC1. The lowest BCUT2D eigenvalue weighted by molar-refractivity contribution is -0.151. The molecule has 0 aromatic rings. The number of aliphatic carboxylic acids is 1. The van der Waals surface area contributed by atoms with Gasteiger partial charge in [0.1, 0.15) is 0 Å². The van der Waals surface area contributed by atoms with Gasteiger partial charge in [-0.15, -0.1) is 0 Å². The van der Waals surface area contributed by atoms with E-state index < -0.39 is 11.4 Å². The van der Waals surface area contributed by atoms with Crippen molar-refractivity contribution < 1.29 is 9.90 Å². The lowest BCUT2D eigenvalue weighted by atomic mass is 9.74. The van der Waals surface area contributed by atoms with Crippen LogP contribution in [0.2, 0.25) is 0 Å². The predicted molar refractivity (Wildman–Crippen MR) is 49.9 cm³/mol. The Hall–Kier alpha value is -0.610. The number of hydrogen-bond acceptors (Lipinski definition) is 3. The van der Waals surface area contributed by atoms with Crippen LogP contribution < -0.4 is 5.84 Å². The lowest BCUT2D eigenvalue weighted by Gasteiger charge is -2.36. The van der Waals surface area contributed by atoms with Gasteiger partial charge < -0.3 is 5.11 Å². The Bertz CT molecular complexity index is 196. The fourth-order valence-corrected chi connectivity index (χ4v) is 1.80. The molecule has 0 aromatic carbocycles. The molecule has 0 unspecified atom stereocenters. The smallest absolute Gasteiger partial charge is 0.309 e. The van der Waals surface area contributed by atoms with Crippen LogP contribution in [-0.4, -0.2) is 29.2 Å². The van der Waals surface area contributed by atoms with Gasteiger partial charge in [0.2, 0.25) is 0 Å². The Morgan fingerprint density at radius 3 is 2.31 bits per heavy atom. The number of nitrogens with zero attached hydrogens (tertiary/aromatic N) is 1. The van der Waals surface area contributed by atoms with Crippen molar-refractivity contribution in [1.29, 1.82) is 0 Å².